The summed E-state index contributed by atoms with van der Waals surface area (Å²) < 4.78 is 0. The van der Waals surface area contributed by atoms with Crippen LogP contribution in [-0.4, -0.2) is 36.5 Å². The fourth-order valence-electron chi connectivity index (χ4n) is 1.92. The molecule has 0 saturated carbocycles. The summed E-state index contributed by atoms with van der Waals surface area (Å²) >= 11 is 0. The van der Waals surface area contributed by atoms with E-state index in [0.717, 1.165) is 11.3 Å². The van der Waals surface area contributed by atoms with E-state index in [9.17, 15) is 14.7 Å². The van der Waals surface area contributed by atoms with Crippen molar-refractivity contribution in [1.29, 1.82) is 0 Å². The molecule has 0 aliphatic carbocycles. The van der Waals surface area contributed by atoms with Crippen molar-refractivity contribution in [2.45, 2.75) is 12.5 Å². The van der Waals surface area contributed by atoms with Gasteiger partial charge in [0.1, 0.15) is 6.10 Å². The lowest BCUT2D eigenvalue weighted by molar-refractivity contribution is -0.117. The molecule has 1 heterocycles. The number of aliphatic hydroxyl groups is 1. The first-order valence-electron chi connectivity index (χ1n) is 5.36. The third-order valence-corrected chi connectivity index (χ3v) is 2.97. The molecule has 0 fully saturated rings. The van der Waals surface area contributed by atoms with Crippen molar-refractivity contribution in [1.82, 2.24) is 0 Å². The number of fused-ring (bicyclic) bond motifs is 1. The van der Waals surface area contributed by atoms with E-state index in [1.165, 1.54) is 0 Å². The standard InChI is InChI=1S/C12H14N2O3/c1-14-9-3-2-7(12(17)10(15)6-13)4-8(9)5-11(14)16/h2-4,10,15H,5-6,13H2,1H3. The molecule has 0 aromatic heterocycles. The molecule has 17 heavy (non-hydrogen) atoms. The molecule has 0 saturated heterocycles. The van der Waals surface area contributed by atoms with Crippen LogP contribution in [0.25, 0.3) is 0 Å². The van der Waals surface area contributed by atoms with Gasteiger partial charge < -0.3 is 15.7 Å². The Balaban J connectivity index is 2.33. The molecular formula is C12H14N2O3. The zero-order chi connectivity index (χ0) is 12.6. The van der Waals surface area contributed by atoms with Crippen molar-refractivity contribution >= 4 is 17.4 Å². The number of hydrogen-bond acceptors (Lipinski definition) is 4. The van der Waals surface area contributed by atoms with Crippen molar-refractivity contribution in [2.24, 2.45) is 5.73 Å². The summed E-state index contributed by atoms with van der Waals surface area (Å²) in [7, 11) is 1.70. The number of rotatable bonds is 3. The van der Waals surface area contributed by atoms with Gasteiger partial charge in [-0.3, -0.25) is 9.59 Å². The fraction of sp³-hybridized carbons (Fsp3) is 0.333. The van der Waals surface area contributed by atoms with Crippen molar-refractivity contribution in [3.8, 4) is 0 Å². The molecule has 1 atom stereocenters. The third-order valence-electron chi connectivity index (χ3n) is 2.97. The first kappa shape index (κ1) is 11.8. The monoisotopic (exact) mass is 234 g/mol. The largest absolute Gasteiger partial charge is 0.384 e. The van der Waals surface area contributed by atoms with Gasteiger partial charge in [-0.25, -0.2) is 0 Å². The number of nitrogens with two attached hydrogens (primary N) is 1. The van der Waals surface area contributed by atoms with Crippen LogP contribution in [0.2, 0.25) is 0 Å². The van der Waals surface area contributed by atoms with E-state index in [0.29, 0.717) is 12.0 Å². The summed E-state index contributed by atoms with van der Waals surface area (Å²) in [6.45, 7) is -0.102. The Labute approximate surface area is 98.8 Å². The molecule has 5 heteroatoms. The van der Waals surface area contributed by atoms with Gasteiger partial charge in [0.2, 0.25) is 5.91 Å². The second-order valence-corrected chi connectivity index (χ2v) is 4.09. The van der Waals surface area contributed by atoms with E-state index in [1.807, 2.05) is 0 Å². The summed E-state index contributed by atoms with van der Waals surface area (Å²) in [5.41, 5.74) is 7.25. The van der Waals surface area contributed by atoms with Crippen molar-refractivity contribution in [3.05, 3.63) is 29.3 Å². The summed E-state index contributed by atoms with van der Waals surface area (Å²) in [6, 6.07) is 4.98. The zero-order valence-corrected chi connectivity index (χ0v) is 9.51. The number of likely N-dealkylation sites (N-methyl/N-ethyl adjacent to an activating group) is 1. The molecule has 1 unspecified atom stereocenters. The molecule has 2 rings (SSSR count). The number of ketones is 1. The molecule has 1 aliphatic rings. The first-order chi connectivity index (χ1) is 8.04. The van der Waals surface area contributed by atoms with Gasteiger partial charge in [0, 0.05) is 24.8 Å². The molecule has 1 aliphatic heterocycles. The SMILES string of the molecule is CN1C(=O)Cc2cc(C(=O)C(O)CN)ccc21. The van der Waals surface area contributed by atoms with Crippen molar-refractivity contribution in [3.63, 3.8) is 0 Å². The predicted molar refractivity (Wildman–Crippen MR) is 62.9 cm³/mol. The normalized spacial score (nSPS) is 15.9. The Morgan fingerprint density at radius 3 is 2.94 bits per heavy atom. The summed E-state index contributed by atoms with van der Waals surface area (Å²) in [5.74, 6) is -0.402. The first-order valence-corrected chi connectivity index (χ1v) is 5.36. The Bertz CT molecular complexity index is 485. The number of Topliss-reactive ketones (excluding diaryl/α,β-unsaturated/α-hetero) is 1. The van der Waals surface area contributed by atoms with E-state index in [-0.39, 0.29) is 12.5 Å². The van der Waals surface area contributed by atoms with Gasteiger partial charge in [0.15, 0.2) is 5.78 Å². The smallest absolute Gasteiger partial charge is 0.231 e. The number of benzene rings is 1. The van der Waals surface area contributed by atoms with E-state index < -0.39 is 11.9 Å². The van der Waals surface area contributed by atoms with Gasteiger partial charge in [0.05, 0.1) is 6.42 Å². The van der Waals surface area contributed by atoms with E-state index in [2.05, 4.69) is 0 Å². The topological polar surface area (TPSA) is 83.6 Å². The van der Waals surface area contributed by atoms with Crippen LogP contribution in [0.1, 0.15) is 15.9 Å². The van der Waals surface area contributed by atoms with E-state index in [1.54, 1.807) is 30.1 Å². The lowest BCUT2D eigenvalue weighted by Gasteiger charge is -2.11. The highest BCUT2D eigenvalue weighted by atomic mass is 16.3. The van der Waals surface area contributed by atoms with Gasteiger partial charge in [-0.05, 0) is 23.8 Å². The molecule has 0 radical (unpaired) electrons. The molecular weight excluding hydrogens is 220 g/mol. The Morgan fingerprint density at radius 1 is 1.59 bits per heavy atom. The molecule has 5 nitrogen and oxygen atoms in total. The van der Waals surface area contributed by atoms with E-state index in [4.69, 9.17) is 5.73 Å². The highest BCUT2D eigenvalue weighted by molar-refractivity contribution is 6.04. The van der Waals surface area contributed by atoms with Crippen LogP contribution in [0.15, 0.2) is 18.2 Å². The highest BCUT2D eigenvalue weighted by Crippen LogP contribution is 2.28. The third kappa shape index (κ3) is 1.94. The number of amides is 1. The van der Waals surface area contributed by atoms with Crippen LogP contribution in [0, 0.1) is 0 Å². The Hall–Kier alpha value is -1.72. The Kier molecular flexibility index (Phi) is 2.95. The maximum Gasteiger partial charge on any atom is 0.231 e. The van der Waals surface area contributed by atoms with Crippen LogP contribution in [0.5, 0.6) is 0 Å². The quantitative estimate of drug-likeness (QED) is 0.704. The maximum absolute atomic E-state index is 11.7. The molecule has 1 amide bonds. The number of carbonyl (C=O) groups excluding carboxylic acids is 2. The summed E-state index contributed by atoms with van der Waals surface area (Å²) in [5, 5.41) is 9.38. The fourth-order valence-corrected chi connectivity index (χ4v) is 1.92. The number of aliphatic hydroxyl groups excluding tert-OH is 1. The van der Waals surface area contributed by atoms with Crippen LogP contribution in [-0.2, 0) is 11.2 Å². The van der Waals surface area contributed by atoms with Crippen LogP contribution >= 0.6 is 0 Å². The number of anilines is 1. The maximum atomic E-state index is 11.7. The second kappa shape index (κ2) is 4.27. The molecule has 0 spiro atoms. The molecule has 1 aromatic rings. The Morgan fingerprint density at radius 2 is 2.29 bits per heavy atom. The van der Waals surface area contributed by atoms with Crippen molar-refractivity contribution in [2.75, 3.05) is 18.5 Å². The van der Waals surface area contributed by atoms with Gasteiger partial charge in [-0.1, -0.05) is 0 Å². The van der Waals surface area contributed by atoms with E-state index >= 15 is 0 Å². The van der Waals surface area contributed by atoms with Crippen LogP contribution in [0.4, 0.5) is 5.69 Å². The number of hydrogen-bond donors (Lipinski definition) is 2. The van der Waals surface area contributed by atoms with Crippen LogP contribution < -0.4 is 10.6 Å². The second-order valence-electron chi connectivity index (χ2n) is 4.09. The number of carbonyl (C=O) groups is 2. The summed E-state index contributed by atoms with van der Waals surface area (Å²) in [4.78, 5) is 24.7. The summed E-state index contributed by atoms with van der Waals surface area (Å²) in [6.07, 6.45) is -0.881. The van der Waals surface area contributed by atoms with Gasteiger partial charge in [-0.15, -0.1) is 0 Å². The molecule has 3 N–H and O–H groups in total. The number of nitrogens with zero attached hydrogens (tertiary/aromatic N) is 1. The minimum absolute atomic E-state index is 0.00368. The van der Waals surface area contributed by atoms with Gasteiger partial charge in [-0.2, -0.15) is 0 Å². The van der Waals surface area contributed by atoms with Gasteiger partial charge in [0.25, 0.3) is 0 Å². The minimum Gasteiger partial charge on any atom is -0.384 e. The van der Waals surface area contributed by atoms with Crippen LogP contribution in [0.3, 0.4) is 0 Å². The predicted octanol–water partition coefficient (Wildman–Crippen LogP) is -0.292. The molecule has 1 aromatic carbocycles. The van der Waals surface area contributed by atoms with Crippen molar-refractivity contribution < 1.29 is 14.7 Å². The molecule has 90 valence electrons. The zero-order valence-electron chi connectivity index (χ0n) is 9.51. The average molecular weight is 234 g/mol. The lowest BCUT2D eigenvalue weighted by Crippen LogP contribution is -2.29. The average Bonchev–Trinajstić information content (AvgIpc) is 2.62. The minimum atomic E-state index is -1.18. The van der Waals surface area contributed by atoms with Gasteiger partial charge >= 0.3 is 0 Å². The highest BCUT2D eigenvalue weighted by Gasteiger charge is 2.25. The molecule has 0 bridgehead atoms. The lowest BCUT2D eigenvalue weighted by atomic mass is 10.0.